The van der Waals surface area contributed by atoms with Crippen molar-refractivity contribution in [3.63, 3.8) is 0 Å². The van der Waals surface area contributed by atoms with Crippen molar-refractivity contribution in [2.24, 2.45) is 5.92 Å². The number of hydrogen-bond donors (Lipinski definition) is 1. The van der Waals surface area contributed by atoms with Crippen molar-refractivity contribution in [2.45, 2.75) is 76.2 Å². The summed E-state index contributed by atoms with van der Waals surface area (Å²) in [6.45, 7) is 2.14. The van der Waals surface area contributed by atoms with E-state index >= 15 is 0 Å². The summed E-state index contributed by atoms with van der Waals surface area (Å²) in [6.07, 6.45) is 8.15. The van der Waals surface area contributed by atoms with Crippen molar-refractivity contribution in [1.29, 1.82) is 0 Å². The highest BCUT2D eigenvalue weighted by Gasteiger charge is 2.51. The summed E-state index contributed by atoms with van der Waals surface area (Å²) < 4.78 is 7.99. The van der Waals surface area contributed by atoms with E-state index in [4.69, 9.17) is 14.6 Å². The Morgan fingerprint density at radius 1 is 1.16 bits per heavy atom. The number of aromatic nitrogens is 4. The maximum atomic E-state index is 11.4. The van der Waals surface area contributed by atoms with Crippen molar-refractivity contribution < 1.29 is 14.4 Å². The van der Waals surface area contributed by atoms with Gasteiger partial charge in [0.1, 0.15) is 5.69 Å². The number of aliphatic carboxylic acids is 1. The number of carboxylic acids is 1. The normalized spacial score (nSPS) is 23.8. The van der Waals surface area contributed by atoms with Gasteiger partial charge in [-0.25, -0.2) is 0 Å². The van der Waals surface area contributed by atoms with Gasteiger partial charge in [0.2, 0.25) is 0 Å². The SMILES string of the molecule is Cc1ccccc1C1(c2noc(-c3c4c(nn3C3CCC(C(=O)O)CC3)CCC4)n2)CC1. The van der Waals surface area contributed by atoms with Crippen LogP contribution < -0.4 is 0 Å². The molecule has 32 heavy (non-hydrogen) atoms. The Bertz CT molecular complexity index is 1180. The van der Waals surface area contributed by atoms with Gasteiger partial charge in [-0.15, -0.1) is 0 Å². The number of aryl methyl sites for hydroxylation is 2. The van der Waals surface area contributed by atoms with E-state index in [0.29, 0.717) is 18.7 Å². The second-order valence-corrected chi connectivity index (χ2v) is 9.74. The van der Waals surface area contributed by atoms with Gasteiger partial charge in [-0.1, -0.05) is 29.4 Å². The van der Waals surface area contributed by atoms with Gasteiger partial charge in [-0.05, 0) is 75.8 Å². The first-order valence-electron chi connectivity index (χ1n) is 11.8. The molecule has 2 aromatic heterocycles. The predicted octanol–water partition coefficient (Wildman–Crippen LogP) is 4.63. The summed E-state index contributed by atoms with van der Waals surface area (Å²) in [6, 6.07) is 8.66. The molecule has 0 spiro atoms. The van der Waals surface area contributed by atoms with E-state index in [9.17, 15) is 9.90 Å². The molecular weight excluding hydrogens is 404 g/mol. The van der Waals surface area contributed by atoms with E-state index in [2.05, 4.69) is 41.0 Å². The van der Waals surface area contributed by atoms with Crippen LogP contribution in [0.4, 0.5) is 0 Å². The largest absolute Gasteiger partial charge is 0.481 e. The second-order valence-electron chi connectivity index (χ2n) is 9.74. The number of rotatable bonds is 5. The zero-order valence-electron chi connectivity index (χ0n) is 18.4. The fourth-order valence-corrected chi connectivity index (χ4v) is 5.83. The van der Waals surface area contributed by atoms with Crippen molar-refractivity contribution in [3.05, 3.63) is 52.5 Å². The summed E-state index contributed by atoms with van der Waals surface area (Å²) >= 11 is 0. The molecule has 0 amide bonds. The van der Waals surface area contributed by atoms with Crippen LogP contribution in [0, 0.1) is 12.8 Å². The van der Waals surface area contributed by atoms with Gasteiger partial charge in [-0.3, -0.25) is 9.48 Å². The van der Waals surface area contributed by atoms with Crippen LogP contribution in [0.25, 0.3) is 11.6 Å². The minimum absolute atomic E-state index is 0.138. The van der Waals surface area contributed by atoms with E-state index in [1.807, 2.05) is 0 Å². The van der Waals surface area contributed by atoms with Gasteiger partial charge in [0.25, 0.3) is 5.89 Å². The molecule has 2 heterocycles. The van der Waals surface area contributed by atoms with Crippen molar-refractivity contribution in [3.8, 4) is 11.6 Å². The van der Waals surface area contributed by atoms with Crippen LogP contribution in [0.2, 0.25) is 0 Å². The maximum Gasteiger partial charge on any atom is 0.306 e. The summed E-state index contributed by atoms with van der Waals surface area (Å²) in [5, 5.41) is 18.8. The molecule has 7 heteroatoms. The fraction of sp³-hybridized carbons (Fsp3) is 0.520. The van der Waals surface area contributed by atoms with Crippen LogP contribution in [0.3, 0.4) is 0 Å². The molecule has 3 aliphatic rings. The molecule has 0 aliphatic heterocycles. The molecule has 2 saturated carbocycles. The number of hydrogen-bond acceptors (Lipinski definition) is 5. The Balaban J connectivity index is 1.36. The first-order chi connectivity index (χ1) is 15.6. The molecule has 3 aliphatic carbocycles. The lowest BCUT2D eigenvalue weighted by atomic mass is 9.86. The summed E-state index contributed by atoms with van der Waals surface area (Å²) in [4.78, 5) is 16.3. The average molecular weight is 433 g/mol. The zero-order valence-corrected chi connectivity index (χ0v) is 18.4. The second kappa shape index (κ2) is 7.29. The lowest BCUT2D eigenvalue weighted by molar-refractivity contribution is -0.143. The monoisotopic (exact) mass is 432 g/mol. The molecule has 3 aromatic rings. The molecule has 6 rings (SSSR count). The van der Waals surface area contributed by atoms with Crippen LogP contribution in [0.5, 0.6) is 0 Å². The molecule has 2 fully saturated rings. The van der Waals surface area contributed by atoms with Crippen molar-refractivity contribution >= 4 is 5.97 Å². The van der Waals surface area contributed by atoms with Crippen LogP contribution in [-0.4, -0.2) is 31.0 Å². The van der Waals surface area contributed by atoms with E-state index < -0.39 is 5.97 Å². The molecule has 166 valence electrons. The lowest BCUT2D eigenvalue weighted by Crippen LogP contribution is -2.24. The highest BCUT2D eigenvalue weighted by atomic mass is 16.5. The highest BCUT2D eigenvalue weighted by molar-refractivity contribution is 5.70. The quantitative estimate of drug-likeness (QED) is 0.632. The van der Waals surface area contributed by atoms with Crippen LogP contribution in [0.1, 0.15) is 79.2 Å². The first kappa shape index (κ1) is 19.7. The van der Waals surface area contributed by atoms with Crippen LogP contribution in [0.15, 0.2) is 28.8 Å². The molecule has 1 aromatic carbocycles. The minimum atomic E-state index is -0.681. The van der Waals surface area contributed by atoms with Gasteiger partial charge in [-0.2, -0.15) is 10.1 Å². The Hall–Kier alpha value is -2.96. The molecule has 0 radical (unpaired) electrons. The molecule has 0 saturated heterocycles. The molecule has 1 N–H and O–H groups in total. The third-order valence-corrected chi connectivity index (χ3v) is 7.79. The third kappa shape index (κ3) is 3.01. The summed E-state index contributed by atoms with van der Waals surface area (Å²) in [5.41, 5.74) is 5.76. The maximum absolute atomic E-state index is 11.4. The van der Waals surface area contributed by atoms with Crippen molar-refractivity contribution in [2.75, 3.05) is 0 Å². The molecule has 0 unspecified atom stereocenters. The Morgan fingerprint density at radius 3 is 2.66 bits per heavy atom. The summed E-state index contributed by atoms with van der Waals surface area (Å²) in [7, 11) is 0. The van der Waals surface area contributed by atoms with Crippen LogP contribution >= 0.6 is 0 Å². The van der Waals surface area contributed by atoms with E-state index in [-0.39, 0.29) is 17.4 Å². The fourth-order valence-electron chi connectivity index (χ4n) is 5.83. The molecular formula is C25H28N4O3. The average Bonchev–Trinajstić information content (AvgIpc) is 3.13. The van der Waals surface area contributed by atoms with Gasteiger partial charge < -0.3 is 9.63 Å². The zero-order chi connectivity index (χ0) is 21.9. The number of fused-ring (bicyclic) bond motifs is 1. The standard InChI is InChI=1S/C25H28N4O3/c1-15-5-2-3-7-19(15)25(13-14-25)24-26-22(32-28-24)21-18-6-4-8-20(18)27-29(21)17-11-9-16(10-12-17)23(30)31/h2-3,5,7,16-17H,4,6,8-14H2,1H3,(H,30,31). The third-order valence-electron chi connectivity index (χ3n) is 7.79. The minimum Gasteiger partial charge on any atom is -0.481 e. The lowest BCUT2D eigenvalue weighted by Gasteiger charge is -2.27. The van der Waals surface area contributed by atoms with Gasteiger partial charge in [0, 0.05) is 5.56 Å². The number of carbonyl (C=O) groups is 1. The Morgan fingerprint density at radius 2 is 1.94 bits per heavy atom. The summed E-state index contributed by atoms with van der Waals surface area (Å²) in [5.74, 6) is 0.418. The smallest absolute Gasteiger partial charge is 0.306 e. The molecule has 7 nitrogen and oxygen atoms in total. The Labute approximate surface area is 186 Å². The highest BCUT2D eigenvalue weighted by Crippen LogP contribution is 2.53. The van der Waals surface area contributed by atoms with Crippen LogP contribution in [-0.2, 0) is 23.1 Å². The number of nitrogens with zero attached hydrogens (tertiary/aromatic N) is 4. The topological polar surface area (TPSA) is 94.0 Å². The predicted molar refractivity (Wildman–Crippen MR) is 117 cm³/mol. The number of carboxylic acid groups (broad SMARTS) is 1. The number of benzene rings is 1. The Kier molecular flexibility index (Phi) is 4.49. The van der Waals surface area contributed by atoms with E-state index in [0.717, 1.165) is 62.2 Å². The van der Waals surface area contributed by atoms with Gasteiger partial charge in [0.05, 0.1) is 23.1 Å². The first-order valence-corrected chi connectivity index (χ1v) is 11.8. The van der Waals surface area contributed by atoms with Crippen molar-refractivity contribution in [1.82, 2.24) is 19.9 Å². The van der Waals surface area contributed by atoms with Gasteiger partial charge in [0.15, 0.2) is 5.82 Å². The van der Waals surface area contributed by atoms with E-state index in [1.54, 1.807) is 0 Å². The van der Waals surface area contributed by atoms with E-state index in [1.165, 1.54) is 16.7 Å². The molecule has 0 bridgehead atoms. The van der Waals surface area contributed by atoms with Gasteiger partial charge >= 0.3 is 5.97 Å². The molecule has 0 atom stereocenters.